The normalized spacial score (nSPS) is 13.8. The van der Waals surface area contributed by atoms with Crippen molar-refractivity contribution < 1.29 is 0 Å². The summed E-state index contributed by atoms with van der Waals surface area (Å²) in [6.07, 6.45) is 1.96. The van der Waals surface area contributed by atoms with Gasteiger partial charge in [0.2, 0.25) is 0 Å². The van der Waals surface area contributed by atoms with Crippen molar-refractivity contribution in [1.29, 1.82) is 0 Å². The molecule has 0 radical (unpaired) electrons. The van der Waals surface area contributed by atoms with Crippen LogP contribution in [0.1, 0.15) is 20.8 Å². The zero-order valence-corrected chi connectivity index (χ0v) is 8.80. The summed E-state index contributed by atoms with van der Waals surface area (Å²) < 4.78 is 0. The molecule has 0 fully saturated rings. The van der Waals surface area contributed by atoms with Gasteiger partial charge in [-0.3, -0.25) is 4.90 Å². The maximum atomic E-state index is 3.75. The first-order valence-corrected chi connectivity index (χ1v) is 4.64. The Bertz CT molecular complexity index is 121. The molecule has 0 amide bonds. The predicted molar refractivity (Wildman–Crippen MR) is 55.4 cm³/mol. The van der Waals surface area contributed by atoms with Gasteiger partial charge in [0.25, 0.3) is 0 Å². The zero-order chi connectivity index (χ0) is 9.56. The average Bonchev–Trinajstić information content (AvgIpc) is 2.03. The molecule has 0 aliphatic rings. The van der Waals surface area contributed by atoms with E-state index in [2.05, 4.69) is 37.6 Å². The first kappa shape index (κ1) is 11.7. The van der Waals surface area contributed by atoms with Gasteiger partial charge in [0.05, 0.1) is 0 Å². The molecule has 0 aromatic carbocycles. The quantitative estimate of drug-likeness (QED) is 0.608. The van der Waals surface area contributed by atoms with Crippen LogP contribution >= 0.6 is 0 Å². The van der Waals surface area contributed by atoms with Gasteiger partial charge in [0.1, 0.15) is 0 Å². The van der Waals surface area contributed by atoms with Crippen LogP contribution in [0.2, 0.25) is 0 Å². The number of likely N-dealkylation sites (N-methyl/N-ethyl adjacent to an activating group) is 1. The Kier molecular flexibility index (Phi) is 6.03. The Morgan fingerprint density at radius 1 is 1.42 bits per heavy atom. The van der Waals surface area contributed by atoms with E-state index in [9.17, 15) is 0 Å². The van der Waals surface area contributed by atoms with Gasteiger partial charge in [-0.1, -0.05) is 6.08 Å². The van der Waals surface area contributed by atoms with E-state index in [0.717, 1.165) is 13.1 Å². The fraction of sp³-hybridized carbons (Fsp3) is 0.800. The highest BCUT2D eigenvalue weighted by Crippen LogP contribution is 1.99. The smallest absolute Gasteiger partial charge is 0.0163 e. The lowest BCUT2D eigenvalue weighted by molar-refractivity contribution is 0.226. The van der Waals surface area contributed by atoms with Gasteiger partial charge in [0.15, 0.2) is 0 Å². The van der Waals surface area contributed by atoms with Crippen molar-refractivity contribution in [3.63, 3.8) is 0 Å². The topological polar surface area (TPSA) is 15.3 Å². The second-order valence-corrected chi connectivity index (χ2v) is 3.53. The largest absolute Gasteiger partial charge is 0.316 e. The third kappa shape index (κ3) is 4.52. The lowest BCUT2D eigenvalue weighted by Gasteiger charge is -2.27. The van der Waals surface area contributed by atoms with E-state index in [-0.39, 0.29) is 0 Å². The Morgan fingerprint density at radius 2 is 2.00 bits per heavy atom. The van der Waals surface area contributed by atoms with E-state index in [4.69, 9.17) is 0 Å². The highest BCUT2D eigenvalue weighted by molar-refractivity contribution is 4.78. The third-order valence-electron chi connectivity index (χ3n) is 2.10. The molecule has 12 heavy (non-hydrogen) atoms. The molecule has 0 rings (SSSR count). The lowest BCUT2D eigenvalue weighted by atomic mass is 10.2. The Morgan fingerprint density at radius 3 is 2.33 bits per heavy atom. The van der Waals surface area contributed by atoms with Crippen molar-refractivity contribution in [1.82, 2.24) is 10.2 Å². The third-order valence-corrected chi connectivity index (χ3v) is 2.10. The van der Waals surface area contributed by atoms with Crippen LogP contribution in [0.4, 0.5) is 0 Å². The van der Waals surface area contributed by atoms with Gasteiger partial charge in [-0.15, -0.1) is 6.58 Å². The molecule has 0 aromatic rings. The second kappa shape index (κ2) is 6.21. The SMILES string of the molecule is C=CCN(CC(C)NC)C(C)C. The standard InChI is InChI=1S/C10H22N2/c1-6-7-12(9(2)3)8-10(4)11-5/h6,9-11H,1,7-8H2,2-5H3. The molecule has 0 aromatic heterocycles. The van der Waals surface area contributed by atoms with E-state index in [1.165, 1.54) is 0 Å². The number of hydrogen-bond acceptors (Lipinski definition) is 2. The van der Waals surface area contributed by atoms with Gasteiger partial charge >= 0.3 is 0 Å². The first-order chi connectivity index (χ1) is 5.61. The van der Waals surface area contributed by atoms with E-state index >= 15 is 0 Å². The van der Waals surface area contributed by atoms with Gasteiger partial charge < -0.3 is 5.32 Å². The maximum Gasteiger partial charge on any atom is 0.0163 e. The number of nitrogens with zero attached hydrogens (tertiary/aromatic N) is 1. The zero-order valence-electron chi connectivity index (χ0n) is 8.80. The molecule has 0 heterocycles. The van der Waals surface area contributed by atoms with Crippen molar-refractivity contribution >= 4 is 0 Å². The number of rotatable bonds is 6. The second-order valence-electron chi connectivity index (χ2n) is 3.53. The van der Waals surface area contributed by atoms with Crippen molar-refractivity contribution in [2.45, 2.75) is 32.9 Å². The van der Waals surface area contributed by atoms with Crippen LogP contribution in [0.3, 0.4) is 0 Å². The number of hydrogen-bond donors (Lipinski definition) is 1. The summed E-state index contributed by atoms with van der Waals surface area (Å²) in [5.41, 5.74) is 0. The molecule has 72 valence electrons. The van der Waals surface area contributed by atoms with Crippen LogP contribution in [0.25, 0.3) is 0 Å². The fourth-order valence-electron chi connectivity index (χ4n) is 1.11. The summed E-state index contributed by atoms with van der Waals surface area (Å²) in [5, 5.41) is 3.23. The molecule has 1 N–H and O–H groups in total. The van der Waals surface area contributed by atoms with Crippen LogP contribution in [-0.2, 0) is 0 Å². The minimum atomic E-state index is 0.548. The predicted octanol–water partition coefficient (Wildman–Crippen LogP) is 1.49. The minimum absolute atomic E-state index is 0.548. The van der Waals surface area contributed by atoms with Gasteiger partial charge in [-0.2, -0.15) is 0 Å². The molecule has 0 aliphatic carbocycles. The van der Waals surface area contributed by atoms with E-state index in [1.807, 2.05) is 13.1 Å². The van der Waals surface area contributed by atoms with Crippen molar-refractivity contribution in [2.24, 2.45) is 0 Å². The molecule has 0 saturated heterocycles. The summed E-state index contributed by atoms with van der Waals surface area (Å²) in [5.74, 6) is 0. The monoisotopic (exact) mass is 170 g/mol. The number of nitrogens with one attached hydrogen (secondary N) is 1. The average molecular weight is 170 g/mol. The van der Waals surface area contributed by atoms with Crippen LogP contribution < -0.4 is 5.32 Å². The van der Waals surface area contributed by atoms with Gasteiger partial charge in [0, 0.05) is 25.2 Å². The molecule has 1 atom stereocenters. The molecule has 2 heteroatoms. The summed E-state index contributed by atoms with van der Waals surface area (Å²) in [4.78, 5) is 2.40. The molecular formula is C10H22N2. The molecule has 2 nitrogen and oxygen atoms in total. The lowest BCUT2D eigenvalue weighted by Crippen LogP contribution is -2.41. The van der Waals surface area contributed by atoms with E-state index < -0.39 is 0 Å². The van der Waals surface area contributed by atoms with Crippen molar-refractivity contribution in [3.05, 3.63) is 12.7 Å². The minimum Gasteiger partial charge on any atom is -0.316 e. The first-order valence-electron chi connectivity index (χ1n) is 4.64. The van der Waals surface area contributed by atoms with Crippen LogP contribution in [-0.4, -0.2) is 37.1 Å². The van der Waals surface area contributed by atoms with Gasteiger partial charge in [-0.25, -0.2) is 0 Å². The molecule has 0 bridgehead atoms. The highest BCUT2D eigenvalue weighted by Gasteiger charge is 2.09. The maximum absolute atomic E-state index is 3.75. The molecule has 0 saturated carbocycles. The summed E-state index contributed by atoms with van der Waals surface area (Å²) >= 11 is 0. The summed E-state index contributed by atoms with van der Waals surface area (Å²) in [6, 6.07) is 1.14. The Balaban J connectivity index is 3.85. The summed E-state index contributed by atoms with van der Waals surface area (Å²) in [7, 11) is 2.00. The Hall–Kier alpha value is -0.340. The van der Waals surface area contributed by atoms with Crippen LogP contribution in [0.5, 0.6) is 0 Å². The molecule has 1 unspecified atom stereocenters. The van der Waals surface area contributed by atoms with Crippen molar-refractivity contribution in [2.75, 3.05) is 20.1 Å². The molecule has 0 spiro atoms. The summed E-state index contributed by atoms with van der Waals surface area (Å²) in [6.45, 7) is 12.4. The highest BCUT2D eigenvalue weighted by atomic mass is 15.2. The molecule has 0 aliphatic heterocycles. The van der Waals surface area contributed by atoms with Crippen molar-refractivity contribution in [3.8, 4) is 0 Å². The molecular weight excluding hydrogens is 148 g/mol. The van der Waals surface area contributed by atoms with Crippen LogP contribution in [0.15, 0.2) is 12.7 Å². The van der Waals surface area contributed by atoms with E-state index in [1.54, 1.807) is 0 Å². The van der Waals surface area contributed by atoms with Gasteiger partial charge in [-0.05, 0) is 27.8 Å². The van der Waals surface area contributed by atoms with Crippen LogP contribution in [0, 0.1) is 0 Å². The fourth-order valence-corrected chi connectivity index (χ4v) is 1.11. The Labute approximate surface area is 76.6 Å². The van der Waals surface area contributed by atoms with E-state index in [0.29, 0.717) is 12.1 Å².